The molecule has 0 aliphatic carbocycles. The van der Waals surface area contributed by atoms with Crippen LogP contribution in [0.3, 0.4) is 0 Å². The van der Waals surface area contributed by atoms with Gasteiger partial charge in [0, 0.05) is 12.1 Å². The predicted molar refractivity (Wildman–Crippen MR) is 135 cm³/mol. The molecule has 27 nitrogen and oxygen atoms in total. The third-order valence-corrected chi connectivity index (χ3v) is 2.73. The number of aromatic nitrogens is 2. The quantitative estimate of drug-likeness (QED) is 0.184. The first-order valence-electron chi connectivity index (χ1n) is 8.70. The Kier molecular flexibility index (Phi) is 86.2. The number of carbonyl (C=O) groups is 8. The van der Waals surface area contributed by atoms with Crippen molar-refractivity contribution in [1.29, 1.82) is 0 Å². The normalized spacial score (nSPS) is 6.57. The first-order valence-corrected chi connectivity index (χ1v) is 9.45. The third kappa shape index (κ3) is 75.2. The molecule has 0 atom stereocenters. The van der Waals surface area contributed by atoms with Crippen LogP contribution >= 0.6 is 23.2 Å². The number of nitrogens with two attached hydrogens (primary N) is 2. The Morgan fingerprint density at radius 1 is 0.429 bits per heavy atom. The summed E-state index contributed by atoms with van der Waals surface area (Å²) in [6, 6.07) is 6.88. The van der Waals surface area contributed by atoms with Gasteiger partial charge in [0.1, 0.15) is 12.4 Å². The first-order chi connectivity index (χ1) is 18.1. The van der Waals surface area contributed by atoms with Crippen molar-refractivity contribution in [3.63, 3.8) is 0 Å². The number of rotatable bonds is 0. The number of aromatic amines is 2. The Labute approximate surface area is 302 Å². The predicted octanol–water partition coefficient (Wildman–Crippen LogP) is -18.7. The van der Waals surface area contributed by atoms with Crippen LogP contribution in [0.4, 0.5) is 11.6 Å². The molecule has 0 aliphatic rings. The molecule has 24 N–H and O–H groups in total. The van der Waals surface area contributed by atoms with E-state index in [1.165, 1.54) is 0 Å². The third-order valence-electron chi connectivity index (χ3n) is 2.26. The largest absolute Gasteiger partial charge is 3.00 e. The van der Waals surface area contributed by atoms with Gasteiger partial charge in [-0.05, 0) is 12.1 Å². The number of aliphatic carboxylic acids is 8. The fraction of sp³-hybridized carbons (Fsp3) is 0. The summed E-state index contributed by atoms with van der Waals surface area (Å²) in [6.07, 6.45) is 3.27. The summed E-state index contributed by atoms with van der Waals surface area (Å²) >= 11 is 11.0. The maximum Gasteiger partial charge on any atom is 3.00 e. The van der Waals surface area contributed by atoms with Gasteiger partial charge in [-0.1, -0.05) is 23.2 Å². The molecule has 0 aromatic carbocycles. The van der Waals surface area contributed by atoms with Gasteiger partial charge in [0.25, 0.3) is 11.6 Å². The van der Waals surface area contributed by atoms with Gasteiger partial charge >= 0.3 is 34.7 Å². The zero-order valence-electron chi connectivity index (χ0n) is 23.5. The Hall–Kier alpha value is -4.98. The summed E-state index contributed by atoms with van der Waals surface area (Å²) in [7, 11) is 0. The van der Waals surface area contributed by atoms with E-state index in [0.717, 1.165) is 0 Å². The van der Waals surface area contributed by atoms with E-state index in [9.17, 15) is 0 Å². The molecule has 282 valence electrons. The molecule has 0 aliphatic heterocycles. The Balaban J connectivity index is -0.0000000280. The number of pyridine rings is 2. The number of hydrogen-bond acceptors (Lipinski definition) is 18. The molecule has 0 fully saturated rings. The average Bonchev–Trinajstić information content (AvgIpc) is 2.84. The van der Waals surface area contributed by atoms with Gasteiger partial charge in [0.05, 0.1) is 57.8 Å². The first kappa shape index (κ1) is 84.7. The van der Waals surface area contributed by atoms with E-state index in [1.54, 1.807) is 36.7 Å². The Bertz CT molecular complexity index is 948. The van der Waals surface area contributed by atoms with Crippen molar-refractivity contribution in [3.05, 3.63) is 46.7 Å². The second-order valence-corrected chi connectivity index (χ2v) is 6.10. The number of hydrogen-bond donors (Lipinski definition) is 2. The number of carbonyl (C=O) groups excluding carboxylic acids is 8. The van der Waals surface area contributed by atoms with Gasteiger partial charge in [-0.25, -0.2) is 9.97 Å². The van der Waals surface area contributed by atoms with Crippen LogP contribution in [0.25, 0.3) is 0 Å². The van der Waals surface area contributed by atoms with Crippen LogP contribution in [0.5, 0.6) is 0 Å². The number of H-pyrrole nitrogens is 2. The second kappa shape index (κ2) is 49.9. The van der Waals surface area contributed by atoms with Crippen molar-refractivity contribution in [1.82, 2.24) is 0 Å². The second-order valence-electron chi connectivity index (χ2n) is 5.22. The summed E-state index contributed by atoms with van der Waals surface area (Å²) in [4.78, 5) is 76.9. The molecule has 2 rings (SSSR count). The van der Waals surface area contributed by atoms with E-state index < -0.39 is 47.8 Å². The number of halogens is 2. The minimum atomic E-state index is -2.19. The van der Waals surface area contributed by atoms with Crippen LogP contribution in [-0.2, 0) is 95.0 Å². The molecule has 49 heavy (non-hydrogen) atoms. The Morgan fingerprint density at radius 2 is 0.571 bits per heavy atom. The number of nitrogen functional groups attached to an aromatic ring is 2. The minimum absolute atomic E-state index is 0. The molecule has 0 bridgehead atoms. The van der Waals surface area contributed by atoms with Crippen LogP contribution in [0.15, 0.2) is 36.7 Å². The van der Waals surface area contributed by atoms with Crippen LogP contribution in [0.2, 0.25) is 10.0 Å². The number of nitrogens with one attached hydrogen (secondary N) is 2. The molecular formula is C18H30Cl2Cr2N4O23+4. The van der Waals surface area contributed by atoms with Crippen molar-refractivity contribution in [3.8, 4) is 0 Å². The minimum Gasteiger partial charge on any atom is -0.543 e. The van der Waals surface area contributed by atoms with Crippen LogP contribution in [0, 0.1) is 0 Å². The van der Waals surface area contributed by atoms with Crippen molar-refractivity contribution >= 4 is 82.6 Å². The molecule has 2 heterocycles. The van der Waals surface area contributed by atoms with Crippen LogP contribution in [0.1, 0.15) is 0 Å². The van der Waals surface area contributed by atoms with Gasteiger partial charge in [-0.3, -0.25) is 11.5 Å². The average molecular weight is 845 g/mol. The van der Waals surface area contributed by atoms with Gasteiger partial charge in [0.15, 0.2) is 0 Å². The summed E-state index contributed by atoms with van der Waals surface area (Å²) in [5, 5.41) is 72.7. The van der Waals surface area contributed by atoms with Crippen molar-refractivity contribution in [2.75, 3.05) is 11.5 Å². The standard InChI is InChI=1S/2C5H5ClN2.4C2H2O4.2Cr.7H2O/c2*6-4-1-2-5(7)8-3-4;4*3-1(4)2(5)6;;;;;;;;;/h2*1-3H,(H2,7,8);4*(H,3,4)(H,5,6);;;7*1H2/q;;;;;;2*+3;;;;;;;/p-2. The van der Waals surface area contributed by atoms with Gasteiger partial charge < -0.3 is 118 Å². The van der Waals surface area contributed by atoms with Gasteiger partial charge in [-0.2, -0.15) is 0 Å². The van der Waals surface area contributed by atoms with Crippen molar-refractivity contribution in [2.24, 2.45) is 0 Å². The zero-order chi connectivity index (χ0) is 32.6. The molecule has 0 saturated carbocycles. The SMILES string of the molecule is Nc1ccc(Cl)c[nH+]1.Nc1ccc(Cl)c[nH+]1.O.O.O.O=C([O-])C(=O)[O-].O=C([O-])C(=O)[O-].O=C([O-])C(=O)[O-].O=C([O-])C(=O)[O-].[Cr+3].[Cr+3].[OH3+].[OH3+].[OH3+].[OH3+]. The van der Waals surface area contributed by atoms with E-state index >= 15 is 0 Å². The van der Waals surface area contributed by atoms with Crippen molar-refractivity contribution in [2.45, 2.75) is 0 Å². The molecular weight excluding hydrogens is 815 g/mol. The number of carboxylic acids is 8. The van der Waals surface area contributed by atoms with Gasteiger partial charge in [0.2, 0.25) is 0 Å². The number of carboxylic acid groups (broad SMARTS) is 8. The summed E-state index contributed by atoms with van der Waals surface area (Å²) in [5.41, 5.74) is 10.6. The van der Waals surface area contributed by atoms with Gasteiger partial charge in [-0.15, -0.1) is 0 Å². The monoisotopic (exact) mass is 844 g/mol. The van der Waals surface area contributed by atoms with Crippen LogP contribution < -0.4 is 62.3 Å². The molecule has 2 radical (unpaired) electrons. The topological polar surface area (TPSA) is 628 Å². The Morgan fingerprint density at radius 3 is 0.633 bits per heavy atom. The summed E-state index contributed by atoms with van der Waals surface area (Å²) in [5.74, 6) is -16.2. The maximum absolute atomic E-state index is 8.93. The molecule has 31 heteroatoms. The molecule has 0 saturated heterocycles. The molecule has 0 spiro atoms. The van der Waals surface area contributed by atoms with E-state index in [2.05, 4.69) is 9.97 Å². The fourth-order valence-corrected chi connectivity index (χ4v) is 1.07. The molecule has 0 amide bonds. The number of anilines is 2. The maximum atomic E-state index is 8.93. The van der Waals surface area contributed by atoms with E-state index in [1.807, 2.05) is 0 Å². The molecule has 0 unspecified atom stereocenters. The smallest absolute Gasteiger partial charge is 0.543 e. The van der Waals surface area contributed by atoms with E-state index in [-0.39, 0.29) is 73.1 Å². The fourth-order valence-electron chi connectivity index (χ4n) is 0.836. The molecule has 2 aromatic rings. The zero-order valence-corrected chi connectivity index (χ0v) is 27.6. The summed E-state index contributed by atoms with van der Waals surface area (Å²) in [6.45, 7) is 0. The van der Waals surface area contributed by atoms with E-state index in [0.29, 0.717) is 21.7 Å². The van der Waals surface area contributed by atoms with E-state index in [4.69, 9.17) is 114 Å². The molecule has 2 aromatic heterocycles. The van der Waals surface area contributed by atoms with Crippen molar-refractivity contribution < 1.29 is 162 Å². The van der Waals surface area contributed by atoms with Crippen LogP contribution in [-0.4, -0.2) is 64.2 Å². The summed E-state index contributed by atoms with van der Waals surface area (Å²) < 4.78 is 0.